The molecule has 1 aromatic carbocycles. The van der Waals surface area contributed by atoms with Gasteiger partial charge in [-0.1, -0.05) is 0 Å². The molecule has 0 unspecified atom stereocenters. The van der Waals surface area contributed by atoms with Crippen molar-refractivity contribution >= 4 is 11.4 Å². The molecular formula is C9H8F4N2O3. The summed E-state index contributed by atoms with van der Waals surface area (Å²) in [6, 6.07) is 0. The Hall–Kier alpha value is -1.90. The number of anilines is 1. The number of aliphatic hydroxyl groups is 1. The Balaban J connectivity index is 3.53. The Morgan fingerprint density at radius 2 is 1.61 bits per heavy atom. The number of rotatable bonds is 4. The van der Waals surface area contributed by atoms with Crippen LogP contribution in [0.5, 0.6) is 0 Å². The highest BCUT2D eigenvalue weighted by molar-refractivity contribution is 5.55. The third kappa shape index (κ3) is 2.21. The minimum Gasteiger partial charge on any atom is -0.395 e. The third-order valence-electron chi connectivity index (χ3n) is 2.22. The van der Waals surface area contributed by atoms with Gasteiger partial charge in [-0.2, -0.15) is 8.78 Å². The minimum atomic E-state index is -2.08. The summed E-state index contributed by atoms with van der Waals surface area (Å²) >= 11 is 0. The van der Waals surface area contributed by atoms with Crippen LogP contribution in [-0.4, -0.2) is 30.2 Å². The molecule has 0 aliphatic rings. The summed E-state index contributed by atoms with van der Waals surface area (Å²) in [7, 11) is 1.07. The molecule has 0 fully saturated rings. The number of nitro benzene ring substituents is 1. The topological polar surface area (TPSA) is 66.6 Å². The number of nitrogens with zero attached hydrogens (tertiary/aromatic N) is 2. The maximum atomic E-state index is 13.4. The Morgan fingerprint density at radius 3 is 1.94 bits per heavy atom. The predicted molar refractivity (Wildman–Crippen MR) is 53.3 cm³/mol. The van der Waals surface area contributed by atoms with Crippen molar-refractivity contribution in [2.45, 2.75) is 0 Å². The second kappa shape index (κ2) is 5.17. The molecule has 0 aliphatic carbocycles. The lowest BCUT2D eigenvalue weighted by molar-refractivity contribution is -0.390. The van der Waals surface area contributed by atoms with Gasteiger partial charge in [0.25, 0.3) is 0 Å². The fraction of sp³-hybridized carbons (Fsp3) is 0.333. The van der Waals surface area contributed by atoms with E-state index in [4.69, 9.17) is 5.11 Å². The molecule has 5 nitrogen and oxygen atoms in total. The molecular weight excluding hydrogens is 260 g/mol. The summed E-state index contributed by atoms with van der Waals surface area (Å²) in [5, 5.41) is 18.9. The van der Waals surface area contributed by atoms with Gasteiger partial charge in [0.15, 0.2) is 11.6 Å². The van der Waals surface area contributed by atoms with Gasteiger partial charge in [0.05, 0.1) is 11.5 Å². The molecule has 0 bridgehead atoms. The largest absolute Gasteiger partial charge is 0.395 e. The standard InChI is InChI=1S/C9H8F4N2O3/c1-14(2-3-16)8-4(10)6(12)9(15(17)18)7(13)5(8)11/h16H,2-3H2,1H3. The van der Waals surface area contributed by atoms with E-state index in [9.17, 15) is 27.7 Å². The van der Waals surface area contributed by atoms with E-state index in [1.165, 1.54) is 0 Å². The molecule has 0 aliphatic heterocycles. The van der Waals surface area contributed by atoms with Crippen molar-refractivity contribution in [1.29, 1.82) is 0 Å². The summed E-state index contributed by atoms with van der Waals surface area (Å²) in [5.41, 5.74) is -2.99. The minimum absolute atomic E-state index is 0.301. The maximum absolute atomic E-state index is 13.4. The molecule has 18 heavy (non-hydrogen) atoms. The lowest BCUT2D eigenvalue weighted by atomic mass is 10.2. The molecule has 0 amide bonds. The van der Waals surface area contributed by atoms with Crippen molar-refractivity contribution in [3.63, 3.8) is 0 Å². The van der Waals surface area contributed by atoms with Crippen LogP contribution in [0.3, 0.4) is 0 Å². The molecule has 0 saturated heterocycles. The fourth-order valence-electron chi connectivity index (χ4n) is 1.37. The summed E-state index contributed by atoms with van der Waals surface area (Å²) < 4.78 is 53.3. The highest BCUT2D eigenvalue weighted by Gasteiger charge is 2.34. The van der Waals surface area contributed by atoms with Crippen molar-refractivity contribution in [1.82, 2.24) is 0 Å². The highest BCUT2D eigenvalue weighted by Crippen LogP contribution is 2.34. The van der Waals surface area contributed by atoms with Crippen LogP contribution in [-0.2, 0) is 0 Å². The first-order chi connectivity index (χ1) is 8.32. The monoisotopic (exact) mass is 268 g/mol. The van der Waals surface area contributed by atoms with Gasteiger partial charge >= 0.3 is 5.69 Å². The normalized spacial score (nSPS) is 10.6. The lowest BCUT2D eigenvalue weighted by Gasteiger charge is -2.19. The molecule has 1 N–H and O–H groups in total. The quantitative estimate of drug-likeness (QED) is 0.389. The highest BCUT2D eigenvalue weighted by atomic mass is 19.2. The summed E-state index contributed by atoms with van der Waals surface area (Å²) in [4.78, 5) is 9.45. The summed E-state index contributed by atoms with van der Waals surface area (Å²) in [5.74, 6) is -7.93. The van der Waals surface area contributed by atoms with Crippen LogP contribution in [0.15, 0.2) is 0 Å². The Bertz CT molecular complexity index is 466. The number of hydrogen-bond acceptors (Lipinski definition) is 4. The van der Waals surface area contributed by atoms with E-state index in [2.05, 4.69) is 0 Å². The van der Waals surface area contributed by atoms with Crippen LogP contribution >= 0.6 is 0 Å². The first kappa shape index (κ1) is 14.2. The van der Waals surface area contributed by atoms with Crippen molar-refractivity contribution < 1.29 is 27.6 Å². The maximum Gasteiger partial charge on any atom is 0.346 e. The van der Waals surface area contributed by atoms with Crippen LogP contribution in [0.4, 0.5) is 28.9 Å². The SMILES string of the molecule is CN(CCO)c1c(F)c(F)c([N+](=O)[O-])c(F)c1F. The molecule has 9 heteroatoms. The molecule has 0 spiro atoms. The van der Waals surface area contributed by atoms with Gasteiger partial charge in [-0.25, -0.2) is 8.78 Å². The second-order valence-corrected chi connectivity index (χ2v) is 3.36. The average Bonchev–Trinajstić information content (AvgIpc) is 2.27. The Morgan fingerprint density at radius 1 is 1.17 bits per heavy atom. The number of benzene rings is 1. The molecule has 0 atom stereocenters. The first-order valence-corrected chi connectivity index (χ1v) is 4.65. The molecule has 0 heterocycles. The van der Waals surface area contributed by atoms with E-state index in [1.807, 2.05) is 0 Å². The fourth-order valence-corrected chi connectivity index (χ4v) is 1.37. The summed E-state index contributed by atoms with van der Waals surface area (Å²) in [6.07, 6.45) is 0. The Labute approximate surface area is 98.4 Å². The van der Waals surface area contributed by atoms with Crippen LogP contribution in [0.1, 0.15) is 0 Å². The Kier molecular flexibility index (Phi) is 4.07. The van der Waals surface area contributed by atoms with Gasteiger partial charge in [-0.3, -0.25) is 10.1 Å². The van der Waals surface area contributed by atoms with Gasteiger partial charge in [-0.05, 0) is 0 Å². The lowest BCUT2D eigenvalue weighted by Crippen LogP contribution is -2.25. The van der Waals surface area contributed by atoms with Crippen molar-refractivity contribution in [2.75, 3.05) is 25.1 Å². The van der Waals surface area contributed by atoms with Crippen LogP contribution in [0.2, 0.25) is 0 Å². The van der Waals surface area contributed by atoms with Crippen molar-refractivity contribution in [2.24, 2.45) is 0 Å². The molecule has 100 valence electrons. The van der Waals surface area contributed by atoms with Gasteiger partial charge in [0.2, 0.25) is 11.6 Å². The van der Waals surface area contributed by atoms with E-state index < -0.39 is 46.2 Å². The number of halogens is 4. The van der Waals surface area contributed by atoms with E-state index in [0.717, 1.165) is 7.05 Å². The summed E-state index contributed by atoms with van der Waals surface area (Å²) in [6.45, 7) is -0.819. The van der Waals surface area contributed by atoms with Gasteiger partial charge < -0.3 is 10.0 Å². The molecule has 1 rings (SSSR count). The van der Waals surface area contributed by atoms with Crippen molar-refractivity contribution in [3.05, 3.63) is 33.4 Å². The van der Waals surface area contributed by atoms with Crippen LogP contribution in [0, 0.1) is 33.4 Å². The number of nitro groups is 1. The molecule has 0 saturated carbocycles. The number of aliphatic hydroxyl groups excluding tert-OH is 1. The number of hydrogen-bond donors (Lipinski definition) is 1. The van der Waals surface area contributed by atoms with Gasteiger partial charge in [-0.15, -0.1) is 0 Å². The number of likely N-dealkylation sites (N-methyl/N-ethyl adjacent to an activating group) is 1. The molecule has 0 radical (unpaired) electrons. The second-order valence-electron chi connectivity index (χ2n) is 3.36. The van der Waals surface area contributed by atoms with E-state index >= 15 is 0 Å². The van der Waals surface area contributed by atoms with Gasteiger partial charge in [0, 0.05) is 13.6 Å². The van der Waals surface area contributed by atoms with E-state index in [-0.39, 0.29) is 6.54 Å². The first-order valence-electron chi connectivity index (χ1n) is 4.65. The third-order valence-corrected chi connectivity index (χ3v) is 2.22. The smallest absolute Gasteiger partial charge is 0.346 e. The van der Waals surface area contributed by atoms with Crippen LogP contribution in [0.25, 0.3) is 0 Å². The van der Waals surface area contributed by atoms with Gasteiger partial charge in [0.1, 0.15) is 5.69 Å². The van der Waals surface area contributed by atoms with Crippen molar-refractivity contribution in [3.8, 4) is 0 Å². The van der Waals surface area contributed by atoms with E-state index in [0.29, 0.717) is 4.90 Å². The predicted octanol–water partition coefficient (Wildman–Crippen LogP) is 1.58. The zero-order valence-electron chi connectivity index (χ0n) is 9.08. The average molecular weight is 268 g/mol. The van der Waals surface area contributed by atoms with E-state index in [1.54, 1.807) is 0 Å². The molecule has 0 aromatic heterocycles. The van der Waals surface area contributed by atoms with Crippen LogP contribution < -0.4 is 4.90 Å². The zero-order valence-corrected chi connectivity index (χ0v) is 9.08. The zero-order chi connectivity index (χ0) is 14.0. The molecule has 1 aromatic rings.